The molecule has 0 heterocycles. The molecule has 6 nitrogen and oxygen atoms in total. The van der Waals surface area contributed by atoms with Gasteiger partial charge in [0.1, 0.15) is 12.3 Å². The number of hydrogen-bond acceptors (Lipinski definition) is 3. The molecule has 0 atom stereocenters. The highest BCUT2D eigenvalue weighted by Crippen LogP contribution is 2.13. The Bertz CT molecular complexity index is 734. The normalized spacial score (nSPS) is 11.1. The second kappa shape index (κ2) is 8.73. The molecule has 2 aromatic rings. The lowest BCUT2D eigenvalue weighted by atomic mass is 10.1. The van der Waals surface area contributed by atoms with Crippen LogP contribution in [0.15, 0.2) is 47.5 Å². The lowest BCUT2D eigenvalue weighted by Crippen LogP contribution is -2.28. The van der Waals surface area contributed by atoms with Crippen LogP contribution < -0.4 is 21.1 Å². The molecule has 2 aromatic carbocycles. The largest absolute Gasteiger partial charge is 0.497 e. The Kier molecular flexibility index (Phi) is 6.39. The molecule has 0 unspecified atom stereocenters. The fraction of sp³-hybridized carbons (Fsp3) is 0.263. The maximum Gasteiger partial charge on any atom is 0.242 e. The first-order chi connectivity index (χ1) is 12.0. The Balaban J connectivity index is 1.81. The summed E-state index contributed by atoms with van der Waals surface area (Å²) in [6, 6.07) is 13.5. The number of nitrogens with zero attached hydrogens (tertiary/aromatic N) is 1. The first-order valence-electron chi connectivity index (χ1n) is 8.01. The number of methoxy groups -OCH3 is 1. The zero-order chi connectivity index (χ0) is 18.2. The average molecular weight is 340 g/mol. The van der Waals surface area contributed by atoms with Gasteiger partial charge in [-0.05, 0) is 54.8 Å². The molecule has 132 valence electrons. The van der Waals surface area contributed by atoms with Crippen LogP contribution in [0, 0.1) is 13.8 Å². The summed E-state index contributed by atoms with van der Waals surface area (Å²) in [5.41, 5.74) is 9.95. The lowest BCUT2D eigenvalue weighted by Gasteiger charge is -2.08. The highest BCUT2D eigenvalue weighted by atomic mass is 16.5. The molecule has 2 rings (SSSR count). The quantitative estimate of drug-likeness (QED) is 0.556. The Morgan fingerprint density at radius 1 is 1.12 bits per heavy atom. The van der Waals surface area contributed by atoms with Crippen molar-refractivity contribution >= 4 is 17.6 Å². The molecule has 1 amide bonds. The van der Waals surface area contributed by atoms with Crippen molar-refractivity contribution in [2.45, 2.75) is 20.4 Å². The number of nitrogens with two attached hydrogens (primary N) is 1. The number of hydrogen-bond donors (Lipinski definition) is 3. The average Bonchev–Trinajstić information content (AvgIpc) is 2.57. The van der Waals surface area contributed by atoms with Gasteiger partial charge in [0.2, 0.25) is 5.91 Å². The van der Waals surface area contributed by atoms with E-state index in [4.69, 9.17) is 10.5 Å². The number of rotatable bonds is 6. The fourth-order valence-electron chi connectivity index (χ4n) is 2.39. The summed E-state index contributed by atoms with van der Waals surface area (Å²) in [6.45, 7) is 4.43. The molecule has 0 saturated heterocycles. The van der Waals surface area contributed by atoms with Crippen LogP contribution in [-0.2, 0) is 11.3 Å². The fourth-order valence-corrected chi connectivity index (χ4v) is 2.39. The van der Waals surface area contributed by atoms with E-state index in [1.165, 1.54) is 0 Å². The number of ether oxygens (including phenoxy) is 1. The number of benzene rings is 2. The van der Waals surface area contributed by atoms with Gasteiger partial charge in [-0.25, -0.2) is 4.99 Å². The minimum Gasteiger partial charge on any atom is -0.497 e. The molecule has 0 saturated carbocycles. The van der Waals surface area contributed by atoms with Gasteiger partial charge in [-0.1, -0.05) is 18.2 Å². The number of guanidine groups is 1. The van der Waals surface area contributed by atoms with Crippen LogP contribution in [0.4, 0.5) is 5.69 Å². The number of carbonyl (C=O) groups excluding carboxylic acids is 1. The van der Waals surface area contributed by atoms with Crippen LogP contribution in [0.3, 0.4) is 0 Å². The van der Waals surface area contributed by atoms with Gasteiger partial charge < -0.3 is 21.1 Å². The highest BCUT2D eigenvalue weighted by Gasteiger charge is 2.02. The number of amides is 1. The summed E-state index contributed by atoms with van der Waals surface area (Å²) in [5.74, 6) is 0.801. The predicted molar refractivity (Wildman–Crippen MR) is 101 cm³/mol. The van der Waals surface area contributed by atoms with Crippen molar-refractivity contribution in [2.24, 2.45) is 10.7 Å². The number of aliphatic imine (C=N–C) groups is 1. The molecule has 0 aliphatic carbocycles. The van der Waals surface area contributed by atoms with E-state index in [0.29, 0.717) is 6.54 Å². The van der Waals surface area contributed by atoms with Crippen molar-refractivity contribution in [1.82, 2.24) is 5.32 Å². The minimum atomic E-state index is -0.194. The molecule has 0 aliphatic heterocycles. The van der Waals surface area contributed by atoms with Crippen molar-refractivity contribution in [1.29, 1.82) is 0 Å². The molecular formula is C19H24N4O2. The van der Waals surface area contributed by atoms with Gasteiger partial charge >= 0.3 is 0 Å². The van der Waals surface area contributed by atoms with Crippen LogP contribution in [0.25, 0.3) is 0 Å². The molecule has 0 spiro atoms. The van der Waals surface area contributed by atoms with E-state index in [1.807, 2.05) is 50.2 Å². The number of anilines is 1. The SMILES string of the molecule is COc1ccc(CNC(=O)CN=C(N)Nc2cc(C)cc(C)c2)cc1. The number of nitrogens with one attached hydrogen (secondary N) is 2. The van der Waals surface area contributed by atoms with Crippen molar-refractivity contribution in [3.8, 4) is 5.75 Å². The van der Waals surface area contributed by atoms with E-state index in [-0.39, 0.29) is 18.4 Å². The highest BCUT2D eigenvalue weighted by molar-refractivity contribution is 5.94. The van der Waals surface area contributed by atoms with Crippen molar-refractivity contribution in [3.05, 3.63) is 59.2 Å². The first-order valence-corrected chi connectivity index (χ1v) is 8.01. The maximum atomic E-state index is 11.9. The maximum absolute atomic E-state index is 11.9. The molecule has 0 radical (unpaired) electrons. The van der Waals surface area contributed by atoms with Gasteiger partial charge in [-0.15, -0.1) is 0 Å². The summed E-state index contributed by atoms with van der Waals surface area (Å²) in [4.78, 5) is 15.9. The molecular weight excluding hydrogens is 316 g/mol. The molecule has 4 N–H and O–H groups in total. The van der Waals surface area contributed by atoms with Crippen LogP contribution in [0.2, 0.25) is 0 Å². The molecule has 0 aromatic heterocycles. The zero-order valence-corrected chi connectivity index (χ0v) is 14.8. The zero-order valence-electron chi connectivity index (χ0n) is 14.8. The minimum absolute atomic E-state index is 0.0280. The van der Waals surface area contributed by atoms with Gasteiger partial charge in [0, 0.05) is 12.2 Å². The predicted octanol–water partition coefficient (Wildman–Crippen LogP) is 2.36. The number of carbonyl (C=O) groups is 1. The summed E-state index contributed by atoms with van der Waals surface area (Å²) in [7, 11) is 1.62. The smallest absolute Gasteiger partial charge is 0.242 e. The second-order valence-corrected chi connectivity index (χ2v) is 5.83. The van der Waals surface area contributed by atoms with Gasteiger partial charge in [-0.2, -0.15) is 0 Å². The molecule has 0 bridgehead atoms. The van der Waals surface area contributed by atoms with Gasteiger partial charge in [0.05, 0.1) is 7.11 Å². The van der Waals surface area contributed by atoms with E-state index in [0.717, 1.165) is 28.1 Å². The van der Waals surface area contributed by atoms with E-state index in [2.05, 4.69) is 21.7 Å². The monoisotopic (exact) mass is 340 g/mol. The van der Waals surface area contributed by atoms with Gasteiger partial charge in [-0.3, -0.25) is 4.79 Å². The summed E-state index contributed by atoms with van der Waals surface area (Å²) < 4.78 is 5.10. The van der Waals surface area contributed by atoms with Crippen molar-refractivity contribution in [3.63, 3.8) is 0 Å². The third-order valence-electron chi connectivity index (χ3n) is 3.54. The van der Waals surface area contributed by atoms with E-state index in [1.54, 1.807) is 7.11 Å². The Hall–Kier alpha value is -3.02. The molecule has 0 fully saturated rings. The summed E-state index contributed by atoms with van der Waals surface area (Å²) in [6.07, 6.45) is 0. The van der Waals surface area contributed by atoms with Crippen molar-refractivity contribution in [2.75, 3.05) is 19.0 Å². The van der Waals surface area contributed by atoms with Crippen LogP contribution >= 0.6 is 0 Å². The van der Waals surface area contributed by atoms with E-state index in [9.17, 15) is 4.79 Å². The number of aryl methyl sites for hydroxylation is 2. The van der Waals surface area contributed by atoms with Crippen LogP contribution in [0.5, 0.6) is 5.75 Å². The summed E-state index contributed by atoms with van der Waals surface area (Å²) >= 11 is 0. The van der Waals surface area contributed by atoms with Crippen molar-refractivity contribution < 1.29 is 9.53 Å². The second-order valence-electron chi connectivity index (χ2n) is 5.83. The third-order valence-corrected chi connectivity index (χ3v) is 3.54. The molecule has 6 heteroatoms. The van der Waals surface area contributed by atoms with E-state index >= 15 is 0 Å². The Morgan fingerprint density at radius 2 is 1.76 bits per heavy atom. The Labute approximate surface area is 148 Å². The van der Waals surface area contributed by atoms with Gasteiger partial charge in [0.15, 0.2) is 5.96 Å². The lowest BCUT2D eigenvalue weighted by molar-refractivity contribution is -0.119. The molecule has 25 heavy (non-hydrogen) atoms. The van der Waals surface area contributed by atoms with Crippen LogP contribution in [0.1, 0.15) is 16.7 Å². The van der Waals surface area contributed by atoms with Crippen LogP contribution in [-0.4, -0.2) is 25.5 Å². The Morgan fingerprint density at radius 3 is 2.36 bits per heavy atom. The summed E-state index contributed by atoms with van der Waals surface area (Å²) in [5, 5.41) is 5.80. The first kappa shape index (κ1) is 18.3. The standard InChI is InChI=1S/C19H24N4O2/c1-13-8-14(2)10-16(9-13)23-19(20)22-12-18(24)21-11-15-4-6-17(25-3)7-5-15/h4-10H,11-12H2,1-3H3,(H,21,24)(H3,20,22,23). The third kappa shape index (κ3) is 6.18. The van der Waals surface area contributed by atoms with Gasteiger partial charge in [0.25, 0.3) is 0 Å². The molecule has 0 aliphatic rings. The van der Waals surface area contributed by atoms with E-state index < -0.39 is 0 Å². The topological polar surface area (TPSA) is 88.7 Å².